The van der Waals surface area contributed by atoms with E-state index >= 15 is 0 Å². The third-order valence-electron chi connectivity index (χ3n) is 2.16. The predicted octanol–water partition coefficient (Wildman–Crippen LogP) is 0.413. The minimum atomic E-state index is -1.08. The van der Waals surface area contributed by atoms with Crippen LogP contribution in [0.1, 0.15) is 5.56 Å². The minimum Gasteiger partial charge on any atom is -0.434 e. The van der Waals surface area contributed by atoms with Crippen molar-refractivity contribution in [1.29, 1.82) is 0 Å². The minimum absolute atomic E-state index is 0.0614. The van der Waals surface area contributed by atoms with Gasteiger partial charge in [0.25, 0.3) is 5.91 Å². The molecule has 0 spiro atoms. The van der Waals surface area contributed by atoms with Gasteiger partial charge in [-0.05, 0) is 5.56 Å². The molecule has 0 aliphatic heterocycles. The lowest BCUT2D eigenvalue weighted by atomic mass is 10.2. The number of hydrogen-bond acceptors (Lipinski definition) is 4. The molecule has 3 N–H and O–H groups in total. The smallest absolute Gasteiger partial charge is 0.408 e. The second-order valence-corrected chi connectivity index (χ2v) is 3.59. The topological polar surface area (TPSA) is 90.7 Å². The van der Waals surface area contributed by atoms with Crippen LogP contribution in [0.5, 0.6) is 0 Å². The van der Waals surface area contributed by atoms with Gasteiger partial charge in [0.2, 0.25) is 6.10 Å². The van der Waals surface area contributed by atoms with E-state index in [9.17, 15) is 9.59 Å². The maximum absolute atomic E-state index is 11.4. The molecule has 6 nitrogen and oxygen atoms in total. The van der Waals surface area contributed by atoms with E-state index in [1.54, 1.807) is 0 Å². The number of amides is 2. The average molecular weight is 252 g/mol. The van der Waals surface area contributed by atoms with Gasteiger partial charge in [-0.25, -0.2) is 4.79 Å². The van der Waals surface area contributed by atoms with E-state index < -0.39 is 18.1 Å². The summed E-state index contributed by atoms with van der Waals surface area (Å²) in [6.45, 7) is 0.256. The second kappa shape index (κ2) is 7.29. The van der Waals surface area contributed by atoms with Crippen molar-refractivity contribution in [3.05, 3.63) is 35.9 Å². The Morgan fingerprint density at radius 1 is 1.33 bits per heavy atom. The van der Waals surface area contributed by atoms with Crippen LogP contribution in [0.2, 0.25) is 0 Å². The molecule has 2 amide bonds. The summed E-state index contributed by atoms with van der Waals surface area (Å²) in [5, 5.41) is 2.52. The monoisotopic (exact) mass is 252 g/mol. The Balaban J connectivity index is 2.39. The van der Waals surface area contributed by atoms with Gasteiger partial charge in [0.1, 0.15) is 0 Å². The van der Waals surface area contributed by atoms with Gasteiger partial charge in [-0.3, -0.25) is 4.79 Å². The van der Waals surface area contributed by atoms with Crippen molar-refractivity contribution in [2.24, 2.45) is 5.73 Å². The molecule has 0 saturated carbocycles. The van der Waals surface area contributed by atoms with Gasteiger partial charge < -0.3 is 20.5 Å². The normalized spacial score (nSPS) is 11.6. The van der Waals surface area contributed by atoms with Gasteiger partial charge in [-0.2, -0.15) is 0 Å². The molecule has 0 heterocycles. The molecule has 1 unspecified atom stereocenters. The fourth-order valence-corrected chi connectivity index (χ4v) is 1.27. The first-order valence-electron chi connectivity index (χ1n) is 5.40. The van der Waals surface area contributed by atoms with Crippen LogP contribution in [0.25, 0.3) is 0 Å². The molecule has 0 aliphatic rings. The van der Waals surface area contributed by atoms with Gasteiger partial charge in [-0.1, -0.05) is 30.3 Å². The predicted molar refractivity (Wildman–Crippen MR) is 64.6 cm³/mol. The molecule has 6 heteroatoms. The summed E-state index contributed by atoms with van der Waals surface area (Å²) in [5.74, 6) is -0.744. The zero-order valence-electron chi connectivity index (χ0n) is 10.1. The Kier molecular flexibility index (Phi) is 5.66. The highest BCUT2D eigenvalue weighted by atomic mass is 16.6. The molecule has 0 aliphatic carbocycles. The number of carbonyl (C=O) groups excluding carboxylic acids is 2. The molecule has 0 bridgehead atoms. The van der Waals surface area contributed by atoms with Crippen LogP contribution in [-0.4, -0.2) is 31.8 Å². The van der Waals surface area contributed by atoms with Crippen LogP contribution in [0.3, 0.4) is 0 Å². The fourth-order valence-electron chi connectivity index (χ4n) is 1.27. The summed E-state index contributed by atoms with van der Waals surface area (Å²) < 4.78 is 9.55. The number of primary amides is 1. The molecule has 0 saturated heterocycles. The summed E-state index contributed by atoms with van der Waals surface area (Å²) in [7, 11) is 1.39. The molecule has 0 aromatic heterocycles. The number of carbonyl (C=O) groups is 2. The van der Waals surface area contributed by atoms with E-state index in [1.165, 1.54) is 7.11 Å². The fraction of sp³-hybridized carbons (Fsp3) is 0.333. The molecule has 1 aromatic carbocycles. The molecule has 1 atom stereocenters. The highest BCUT2D eigenvalue weighted by Crippen LogP contribution is 1.98. The Morgan fingerprint density at radius 3 is 2.56 bits per heavy atom. The summed E-state index contributed by atoms with van der Waals surface area (Å²) in [6.07, 6.45) is -1.79. The average Bonchev–Trinajstić information content (AvgIpc) is 2.37. The number of hydrogen-bond donors (Lipinski definition) is 2. The Hall–Kier alpha value is -2.08. The van der Waals surface area contributed by atoms with E-state index in [0.717, 1.165) is 5.56 Å². The third-order valence-corrected chi connectivity index (χ3v) is 2.16. The van der Waals surface area contributed by atoms with Crippen molar-refractivity contribution in [2.75, 3.05) is 13.7 Å². The van der Waals surface area contributed by atoms with E-state index in [2.05, 4.69) is 5.32 Å². The lowest BCUT2D eigenvalue weighted by Crippen LogP contribution is -2.39. The Bertz CT molecular complexity index is 394. The third kappa shape index (κ3) is 4.84. The molecular formula is C12H16N2O4. The molecule has 0 fully saturated rings. The second-order valence-electron chi connectivity index (χ2n) is 3.59. The zero-order valence-corrected chi connectivity index (χ0v) is 10.1. The standard InChI is InChI=1S/C12H16N2O4/c1-17-8-10(11(13)15)18-12(16)14-7-9-5-3-2-4-6-9/h2-6,10H,7-8H2,1H3,(H2,13,15)(H,14,16). The van der Waals surface area contributed by atoms with Crippen LogP contribution in [0.15, 0.2) is 30.3 Å². The number of ether oxygens (including phenoxy) is 2. The number of benzene rings is 1. The largest absolute Gasteiger partial charge is 0.434 e. The first-order valence-corrected chi connectivity index (χ1v) is 5.40. The van der Waals surface area contributed by atoms with E-state index in [0.29, 0.717) is 6.54 Å². The first-order chi connectivity index (χ1) is 8.63. The van der Waals surface area contributed by atoms with E-state index in [1.807, 2.05) is 30.3 Å². The molecule has 98 valence electrons. The maximum Gasteiger partial charge on any atom is 0.408 e. The van der Waals surface area contributed by atoms with Crippen molar-refractivity contribution in [3.63, 3.8) is 0 Å². The molecule has 0 radical (unpaired) electrons. The van der Waals surface area contributed by atoms with E-state index in [-0.39, 0.29) is 6.61 Å². The SMILES string of the molecule is COCC(OC(=O)NCc1ccccc1)C(N)=O. The molecule has 1 rings (SSSR count). The highest BCUT2D eigenvalue weighted by molar-refractivity contribution is 5.82. The van der Waals surface area contributed by atoms with Crippen LogP contribution in [0, 0.1) is 0 Å². The van der Waals surface area contributed by atoms with E-state index in [4.69, 9.17) is 15.2 Å². The summed E-state index contributed by atoms with van der Waals surface area (Å²) in [6, 6.07) is 9.32. The maximum atomic E-state index is 11.4. The van der Waals surface area contributed by atoms with Crippen molar-refractivity contribution in [3.8, 4) is 0 Å². The quantitative estimate of drug-likeness (QED) is 0.767. The van der Waals surface area contributed by atoms with Crippen molar-refractivity contribution < 1.29 is 19.1 Å². The van der Waals surface area contributed by atoms with Gasteiger partial charge in [0.05, 0.1) is 6.61 Å². The highest BCUT2D eigenvalue weighted by Gasteiger charge is 2.19. The molecule has 1 aromatic rings. The number of nitrogens with one attached hydrogen (secondary N) is 1. The van der Waals surface area contributed by atoms with Crippen LogP contribution < -0.4 is 11.1 Å². The molecular weight excluding hydrogens is 236 g/mol. The first kappa shape index (κ1) is 14.0. The van der Waals surface area contributed by atoms with Gasteiger partial charge in [0.15, 0.2) is 0 Å². The lowest BCUT2D eigenvalue weighted by Gasteiger charge is -2.14. The van der Waals surface area contributed by atoms with Crippen molar-refractivity contribution in [2.45, 2.75) is 12.6 Å². The van der Waals surface area contributed by atoms with Crippen LogP contribution >= 0.6 is 0 Å². The number of rotatable bonds is 6. The number of methoxy groups -OCH3 is 1. The summed E-state index contributed by atoms with van der Waals surface area (Å²) in [4.78, 5) is 22.3. The van der Waals surface area contributed by atoms with Crippen molar-refractivity contribution in [1.82, 2.24) is 5.32 Å². The van der Waals surface area contributed by atoms with Crippen LogP contribution in [0.4, 0.5) is 4.79 Å². The van der Waals surface area contributed by atoms with Crippen LogP contribution in [-0.2, 0) is 20.8 Å². The summed E-state index contributed by atoms with van der Waals surface area (Å²) >= 11 is 0. The Morgan fingerprint density at radius 2 is 2.00 bits per heavy atom. The zero-order chi connectivity index (χ0) is 13.4. The summed E-state index contributed by atoms with van der Waals surface area (Å²) in [5.41, 5.74) is 5.98. The molecule has 18 heavy (non-hydrogen) atoms. The van der Waals surface area contributed by atoms with Crippen molar-refractivity contribution >= 4 is 12.0 Å². The van der Waals surface area contributed by atoms with Gasteiger partial charge >= 0.3 is 6.09 Å². The number of nitrogens with two attached hydrogens (primary N) is 1. The van der Waals surface area contributed by atoms with Gasteiger partial charge in [-0.15, -0.1) is 0 Å². The van der Waals surface area contributed by atoms with Gasteiger partial charge in [0, 0.05) is 13.7 Å². The lowest BCUT2D eigenvalue weighted by molar-refractivity contribution is -0.128. The Labute approximate surface area is 105 Å². The number of alkyl carbamates (subject to hydrolysis) is 1.